The summed E-state index contributed by atoms with van der Waals surface area (Å²) >= 11 is 0. The predicted octanol–water partition coefficient (Wildman–Crippen LogP) is 4.64. The van der Waals surface area contributed by atoms with Gasteiger partial charge < -0.3 is 10.2 Å². The Bertz CT molecular complexity index is 925. The van der Waals surface area contributed by atoms with Crippen LogP contribution in [0.3, 0.4) is 0 Å². The minimum atomic E-state index is -1.77. The lowest BCUT2D eigenvalue weighted by Gasteiger charge is -2.32. The van der Waals surface area contributed by atoms with Crippen LogP contribution in [0.4, 0.5) is 17.6 Å². The number of carbonyl (C=O) groups excluding carboxylic acids is 2. The van der Waals surface area contributed by atoms with Crippen molar-refractivity contribution in [3.05, 3.63) is 59.7 Å². The van der Waals surface area contributed by atoms with Gasteiger partial charge in [-0.25, -0.2) is 17.6 Å². The van der Waals surface area contributed by atoms with Crippen molar-refractivity contribution < 1.29 is 37.4 Å². The van der Waals surface area contributed by atoms with Crippen molar-refractivity contribution >= 4 is 11.8 Å². The number of hydrogen-bond donors (Lipinski definition) is 4. The van der Waals surface area contributed by atoms with Gasteiger partial charge in [-0.1, -0.05) is 24.3 Å². The van der Waals surface area contributed by atoms with E-state index in [1.54, 1.807) is 0 Å². The van der Waals surface area contributed by atoms with E-state index in [-0.39, 0.29) is 37.2 Å². The summed E-state index contributed by atoms with van der Waals surface area (Å²) in [6, 6.07) is 11.3. The van der Waals surface area contributed by atoms with Crippen LogP contribution in [-0.2, 0) is 20.4 Å². The molecule has 2 aromatic rings. The summed E-state index contributed by atoms with van der Waals surface area (Å²) in [4.78, 5) is 26.5. The van der Waals surface area contributed by atoms with Crippen LogP contribution in [-0.4, -0.2) is 47.7 Å². The Kier molecular flexibility index (Phi) is 10.1. The van der Waals surface area contributed by atoms with Crippen LogP contribution in [0.2, 0.25) is 0 Å². The van der Waals surface area contributed by atoms with Crippen molar-refractivity contribution in [2.75, 3.05) is 13.3 Å². The molecule has 0 saturated carbocycles. The highest BCUT2D eigenvalue weighted by Gasteiger charge is 2.39. The highest BCUT2D eigenvalue weighted by atomic mass is 19.2. The molecule has 0 saturated heterocycles. The summed E-state index contributed by atoms with van der Waals surface area (Å²) in [6.07, 6.45) is -4.26. The number of amides is 2. The second-order valence-electron chi connectivity index (χ2n) is 9.25. The molecule has 2 aromatic carbocycles. The molecule has 0 aromatic heterocycles. The van der Waals surface area contributed by atoms with Gasteiger partial charge in [-0.3, -0.25) is 20.4 Å². The lowest BCUT2D eigenvalue weighted by molar-refractivity contribution is -0.134. The molecule has 198 valence electrons. The fraction of sp³-hybridized carbons (Fsp3) is 0.462. The van der Waals surface area contributed by atoms with E-state index in [0.29, 0.717) is 11.1 Å². The molecule has 0 bridgehead atoms. The van der Waals surface area contributed by atoms with E-state index >= 15 is 0 Å². The zero-order valence-electron chi connectivity index (χ0n) is 20.2. The quantitative estimate of drug-likeness (QED) is 0.246. The van der Waals surface area contributed by atoms with Gasteiger partial charge in [0.1, 0.15) is 37.2 Å². The number of nitrogens with one attached hydrogen (secondary N) is 2. The van der Waals surface area contributed by atoms with Crippen LogP contribution in [0.5, 0.6) is 11.5 Å². The van der Waals surface area contributed by atoms with E-state index in [9.17, 15) is 37.4 Å². The maximum absolute atomic E-state index is 13.7. The van der Waals surface area contributed by atoms with Crippen LogP contribution >= 0.6 is 0 Å². The van der Waals surface area contributed by atoms with Gasteiger partial charge in [0.05, 0.1) is 10.8 Å². The normalized spacial score (nSPS) is 16.3. The molecule has 0 spiro atoms. The van der Waals surface area contributed by atoms with Crippen molar-refractivity contribution in [1.29, 1.82) is 0 Å². The largest absolute Gasteiger partial charge is 0.508 e. The first-order valence-electron chi connectivity index (χ1n) is 11.6. The minimum Gasteiger partial charge on any atom is -0.508 e. The smallest absolute Gasteiger partial charge is 0.248 e. The number of hydrazine groups is 1. The van der Waals surface area contributed by atoms with Gasteiger partial charge >= 0.3 is 0 Å². The van der Waals surface area contributed by atoms with Crippen molar-refractivity contribution in [2.24, 2.45) is 0 Å². The van der Waals surface area contributed by atoms with Gasteiger partial charge in [0, 0.05) is 0 Å². The van der Waals surface area contributed by atoms with Crippen LogP contribution in [0.15, 0.2) is 48.5 Å². The number of hydrogen-bond acceptors (Lipinski definition) is 4. The third-order valence-corrected chi connectivity index (χ3v) is 6.55. The van der Waals surface area contributed by atoms with E-state index in [2.05, 4.69) is 10.9 Å². The SMILES string of the molecule is CC(CCC(F)CF)(C(=O)NNC(=O)C(C)(CCC(F)CF)c1ccc(O)cc1)c1ccc(O)cc1. The van der Waals surface area contributed by atoms with Crippen LogP contribution in [0.1, 0.15) is 50.7 Å². The molecule has 10 heteroatoms. The first-order valence-corrected chi connectivity index (χ1v) is 11.6. The maximum Gasteiger partial charge on any atom is 0.248 e. The topological polar surface area (TPSA) is 98.7 Å². The average Bonchev–Trinajstić information content (AvgIpc) is 2.88. The number of aromatic hydroxyl groups is 2. The Labute approximate surface area is 207 Å². The Morgan fingerprint density at radius 3 is 1.31 bits per heavy atom. The number of alkyl halides is 4. The standard InChI is InChI=1S/C26H32F4N2O4/c1-25(13-11-19(29)15-27,17-3-7-21(33)8-4-17)23(35)31-32-24(36)26(2,14-12-20(30)16-28)18-5-9-22(34)10-6-18/h3-10,19-20,33-34H,11-16H2,1-2H3,(H,31,35)(H,32,36). The van der Waals surface area contributed by atoms with Gasteiger partial charge in [0.2, 0.25) is 11.8 Å². The Morgan fingerprint density at radius 1 is 0.722 bits per heavy atom. The second-order valence-corrected chi connectivity index (χ2v) is 9.25. The summed E-state index contributed by atoms with van der Waals surface area (Å²) in [7, 11) is 0. The number of halogens is 4. The fourth-order valence-electron chi connectivity index (χ4n) is 3.87. The molecule has 4 atom stereocenters. The third-order valence-electron chi connectivity index (χ3n) is 6.55. The number of carbonyl (C=O) groups is 2. The molecule has 36 heavy (non-hydrogen) atoms. The molecule has 0 aliphatic carbocycles. The molecule has 6 nitrogen and oxygen atoms in total. The van der Waals surface area contributed by atoms with E-state index in [0.717, 1.165) is 0 Å². The molecule has 0 aliphatic rings. The lowest BCUT2D eigenvalue weighted by atomic mass is 9.76. The number of benzene rings is 2. The van der Waals surface area contributed by atoms with E-state index in [1.165, 1.54) is 62.4 Å². The molecule has 0 aliphatic heterocycles. The highest BCUT2D eigenvalue weighted by molar-refractivity contribution is 5.93. The zero-order chi connectivity index (χ0) is 26.9. The first kappa shape index (κ1) is 28.9. The number of phenols is 2. The molecular weight excluding hydrogens is 480 g/mol. The van der Waals surface area contributed by atoms with Gasteiger partial charge in [-0.05, 0) is 74.9 Å². The summed E-state index contributed by atoms with van der Waals surface area (Å²) in [5, 5.41) is 19.2. The van der Waals surface area contributed by atoms with E-state index in [4.69, 9.17) is 0 Å². The number of phenolic OH excluding ortho intramolecular Hbond substituents is 2. The van der Waals surface area contributed by atoms with Gasteiger partial charge in [-0.15, -0.1) is 0 Å². The minimum absolute atomic E-state index is 0.0500. The molecule has 0 radical (unpaired) electrons. The van der Waals surface area contributed by atoms with E-state index < -0.39 is 48.3 Å². The summed E-state index contributed by atoms with van der Waals surface area (Å²) in [5.74, 6) is -1.53. The molecule has 4 unspecified atom stereocenters. The van der Waals surface area contributed by atoms with Gasteiger partial charge in [0.25, 0.3) is 0 Å². The molecule has 2 rings (SSSR count). The Hall–Kier alpha value is -3.30. The molecule has 0 fully saturated rings. The van der Waals surface area contributed by atoms with Gasteiger partial charge in [-0.2, -0.15) is 0 Å². The Morgan fingerprint density at radius 2 is 1.03 bits per heavy atom. The molecule has 0 heterocycles. The molecule has 4 N–H and O–H groups in total. The van der Waals surface area contributed by atoms with Crippen molar-refractivity contribution in [3.8, 4) is 11.5 Å². The average molecular weight is 513 g/mol. The van der Waals surface area contributed by atoms with Crippen molar-refractivity contribution in [3.63, 3.8) is 0 Å². The van der Waals surface area contributed by atoms with Crippen molar-refractivity contribution in [1.82, 2.24) is 10.9 Å². The van der Waals surface area contributed by atoms with Crippen LogP contribution < -0.4 is 10.9 Å². The first-order chi connectivity index (χ1) is 17.0. The maximum atomic E-state index is 13.7. The summed E-state index contributed by atoms with van der Waals surface area (Å²) in [5.41, 5.74) is 2.68. The lowest BCUT2D eigenvalue weighted by Crippen LogP contribution is -2.55. The van der Waals surface area contributed by atoms with Gasteiger partial charge in [0.15, 0.2) is 0 Å². The van der Waals surface area contributed by atoms with Crippen molar-refractivity contribution in [2.45, 2.75) is 62.7 Å². The second kappa shape index (κ2) is 12.6. The summed E-state index contributed by atoms with van der Waals surface area (Å²) < 4.78 is 52.8. The fourth-order valence-corrected chi connectivity index (χ4v) is 3.87. The molecular formula is C26H32F4N2O4. The third kappa shape index (κ3) is 7.11. The highest BCUT2D eigenvalue weighted by Crippen LogP contribution is 2.33. The van der Waals surface area contributed by atoms with E-state index in [1.807, 2.05) is 0 Å². The van der Waals surface area contributed by atoms with Crippen LogP contribution in [0.25, 0.3) is 0 Å². The monoisotopic (exact) mass is 512 g/mol. The van der Waals surface area contributed by atoms with Crippen LogP contribution in [0, 0.1) is 0 Å². The number of rotatable bonds is 12. The Balaban J connectivity index is 2.27. The predicted molar refractivity (Wildman–Crippen MR) is 127 cm³/mol. The zero-order valence-corrected chi connectivity index (χ0v) is 20.2. The summed E-state index contributed by atoms with van der Waals surface area (Å²) in [6.45, 7) is 0.590. The molecule has 2 amide bonds.